The van der Waals surface area contributed by atoms with Crippen molar-refractivity contribution < 1.29 is 0 Å². The maximum Gasteiger partial charge on any atom is 0.124 e. The van der Waals surface area contributed by atoms with Gasteiger partial charge in [-0.2, -0.15) is 5.10 Å². The Kier molecular flexibility index (Phi) is 3.49. The van der Waals surface area contributed by atoms with E-state index in [9.17, 15) is 0 Å². The van der Waals surface area contributed by atoms with Gasteiger partial charge in [-0.05, 0) is 30.7 Å². The Labute approximate surface area is 123 Å². The summed E-state index contributed by atoms with van der Waals surface area (Å²) >= 11 is 6.03. The van der Waals surface area contributed by atoms with Crippen LogP contribution in [0.25, 0.3) is 11.0 Å². The van der Waals surface area contributed by atoms with Gasteiger partial charge < -0.3 is 4.57 Å². The first-order valence-corrected chi connectivity index (χ1v) is 7.21. The smallest absolute Gasteiger partial charge is 0.124 e. The molecule has 0 saturated heterocycles. The molecule has 0 aliphatic heterocycles. The number of imidazole rings is 1. The van der Waals surface area contributed by atoms with E-state index in [1.165, 1.54) is 11.3 Å². The van der Waals surface area contributed by atoms with E-state index in [0.717, 1.165) is 29.8 Å². The molecule has 0 N–H and O–H groups in total. The normalized spacial score (nSPS) is 11.3. The second kappa shape index (κ2) is 5.29. The average Bonchev–Trinajstić information content (AvgIpc) is 2.99. The fourth-order valence-electron chi connectivity index (χ4n) is 2.51. The predicted molar refractivity (Wildman–Crippen MR) is 80.9 cm³/mol. The van der Waals surface area contributed by atoms with E-state index in [-0.39, 0.29) is 0 Å². The minimum absolute atomic E-state index is 0.430. The Bertz CT molecular complexity index is 741. The number of aryl methyl sites for hydroxylation is 4. The van der Waals surface area contributed by atoms with Crippen molar-refractivity contribution >= 4 is 22.6 Å². The summed E-state index contributed by atoms with van der Waals surface area (Å²) in [6, 6.07) is 8.35. The van der Waals surface area contributed by atoms with Crippen molar-refractivity contribution in [2.75, 3.05) is 0 Å². The van der Waals surface area contributed by atoms with E-state index < -0.39 is 0 Å². The predicted octanol–water partition coefficient (Wildman–Crippen LogP) is 3.06. The highest BCUT2D eigenvalue weighted by Crippen LogP contribution is 2.19. The molecule has 104 valence electrons. The van der Waals surface area contributed by atoms with Gasteiger partial charge in [-0.15, -0.1) is 11.6 Å². The average molecular weight is 289 g/mol. The summed E-state index contributed by atoms with van der Waals surface area (Å²) in [5.74, 6) is 1.36. The molecule has 0 aliphatic rings. The number of hydrogen-bond acceptors (Lipinski definition) is 2. The van der Waals surface area contributed by atoms with E-state index in [2.05, 4.69) is 39.8 Å². The Morgan fingerprint density at radius 3 is 2.80 bits per heavy atom. The Morgan fingerprint density at radius 1 is 1.25 bits per heavy atom. The molecule has 0 saturated carbocycles. The van der Waals surface area contributed by atoms with Gasteiger partial charge in [-0.3, -0.25) is 4.68 Å². The second-order valence-corrected chi connectivity index (χ2v) is 5.27. The Morgan fingerprint density at radius 2 is 2.10 bits per heavy atom. The number of fused-ring (bicyclic) bond motifs is 1. The van der Waals surface area contributed by atoms with Crippen LogP contribution in [0.3, 0.4) is 0 Å². The van der Waals surface area contributed by atoms with Gasteiger partial charge in [0, 0.05) is 31.9 Å². The highest BCUT2D eigenvalue weighted by Gasteiger charge is 2.10. The lowest BCUT2D eigenvalue weighted by Gasteiger charge is -2.08. The van der Waals surface area contributed by atoms with Gasteiger partial charge >= 0.3 is 0 Å². The Hall–Kier alpha value is -1.81. The molecule has 0 aliphatic carbocycles. The van der Waals surface area contributed by atoms with E-state index in [1.54, 1.807) is 0 Å². The van der Waals surface area contributed by atoms with Crippen LogP contribution in [-0.4, -0.2) is 19.3 Å². The topological polar surface area (TPSA) is 35.6 Å². The number of nitrogens with zero attached hydrogens (tertiary/aromatic N) is 4. The molecule has 4 nitrogen and oxygen atoms in total. The van der Waals surface area contributed by atoms with Crippen molar-refractivity contribution in [2.45, 2.75) is 25.8 Å². The van der Waals surface area contributed by atoms with Gasteiger partial charge in [-0.25, -0.2) is 4.98 Å². The minimum Gasteiger partial charge on any atom is -0.327 e. The van der Waals surface area contributed by atoms with Crippen LogP contribution in [0.15, 0.2) is 30.5 Å². The second-order valence-electron chi connectivity index (χ2n) is 5.00. The summed E-state index contributed by atoms with van der Waals surface area (Å²) in [4.78, 5) is 4.60. The SMILES string of the molecule is Cc1ccc2nc(CCl)n(CCc3ccnn3C)c2c1. The van der Waals surface area contributed by atoms with Gasteiger partial charge in [0.25, 0.3) is 0 Å². The van der Waals surface area contributed by atoms with Crippen LogP contribution in [0.5, 0.6) is 0 Å². The summed E-state index contributed by atoms with van der Waals surface area (Å²) in [7, 11) is 1.97. The van der Waals surface area contributed by atoms with Gasteiger partial charge in [0.15, 0.2) is 0 Å². The van der Waals surface area contributed by atoms with Crippen molar-refractivity contribution in [1.29, 1.82) is 0 Å². The molecule has 5 heteroatoms. The van der Waals surface area contributed by atoms with Gasteiger partial charge in [0.05, 0.1) is 16.9 Å². The third-order valence-electron chi connectivity index (χ3n) is 3.62. The third-order valence-corrected chi connectivity index (χ3v) is 3.86. The van der Waals surface area contributed by atoms with E-state index in [0.29, 0.717) is 5.88 Å². The molecule has 0 radical (unpaired) electrons. The number of alkyl halides is 1. The maximum absolute atomic E-state index is 6.03. The molecule has 3 rings (SSSR count). The van der Waals surface area contributed by atoms with Crippen molar-refractivity contribution in [3.63, 3.8) is 0 Å². The third kappa shape index (κ3) is 2.31. The zero-order valence-electron chi connectivity index (χ0n) is 11.7. The first-order valence-electron chi connectivity index (χ1n) is 6.67. The summed E-state index contributed by atoms with van der Waals surface area (Å²) in [6.07, 6.45) is 2.74. The van der Waals surface area contributed by atoms with Crippen molar-refractivity contribution in [3.05, 3.63) is 47.5 Å². The van der Waals surface area contributed by atoms with Gasteiger partial charge in [-0.1, -0.05) is 6.07 Å². The standard InChI is InChI=1S/C15H17ClN4/c1-11-3-4-13-14(9-11)20(15(10-16)18-13)8-6-12-5-7-17-19(12)2/h3-5,7,9H,6,8,10H2,1-2H3. The van der Waals surface area contributed by atoms with Crippen LogP contribution in [0.4, 0.5) is 0 Å². The largest absolute Gasteiger partial charge is 0.327 e. The monoisotopic (exact) mass is 288 g/mol. The van der Waals surface area contributed by atoms with E-state index in [1.807, 2.05) is 24.0 Å². The molecule has 20 heavy (non-hydrogen) atoms. The molecule has 3 aromatic rings. The fraction of sp³-hybridized carbons (Fsp3) is 0.333. The van der Waals surface area contributed by atoms with Crippen LogP contribution in [0.1, 0.15) is 17.1 Å². The summed E-state index contributed by atoms with van der Waals surface area (Å²) in [6.45, 7) is 2.96. The number of halogens is 1. The van der Waals surface area contributed by atoms with Crippen LogP contribution in [-0.2, 0) is 25.9 Å². The van der Waals surface area contributed by atoms with Crippen LogP contribution < -0.4 is 0 Å². The fourth-order valence-corrected chi connectivity index (χ4v) is 2.71. The zero-order valence-corrected chi connectivity index (χ0v) is 12.4. The lowest BCUT2D eigenvalue weighted by atomic mass is 10.2. The summed E-state index contributed by atoms with van der Waals surface area (Å²) in [5, 5.41) is 4.20. The van der Waals surface area contributed by atoms with Crippen LogP contribution >= 0.6 is 11.6 Å². The molecule has 0 unspecified atom stereocenters. The van der Waals surface area contributed by atoms with Gasteiger partial charge in [0.2, 0.25) is 0 Å². The molecule has 0 bridgehead atoms. The number of aromatic nitrogens is 4. The molecule has 2 aromatic heterocycles. The lowest BCUT2D eigenvalue weighted by molar-refractivity contribution is 0.634. The maximum atomic E-state index is 6.03. The molecule has 1 aromatic carbocycles. The van der Waals surface area contributed by atoms with E-state index in [4.69, 9.17) is 11.6 Å². The summed E-state index contributed by atoms with van der Waals surface area (Å²) in [5.41, 5.74) is 4.61. The molecule has 0 amide bonds. The Balaban J connectivity index is 1.97. The lowest BCUT2D eigenvalue weighted by Crippen LogP contribution is -2.08. The molecular weight excluding hydrogens is 272 g/mol. The molecule has 0 fully saturated rings. The highest BCUT2D eigenvalue weighted by atomic mass is 35.5. The first kappa shape index (κ1) is 13.2. The first-order chi connectivity index (χ1) is 9.69. The van der Waals surface area contributed by atoms with Crippen molar-refractivity contribution in [1.82, 2.24) is 19.3 Å². The minimum atomic E-state index is 0.430. The molecular formula is C15H17ClN4. The molecule has 0 spiro atoms. The van der Waals surface area contributed by atoms with Gasteiger partial charge in [0.1, 0.15) is 5.82 Å². The molecule has 2 heterocycles. The summed E-state index contributed by atoms with van der Waals surface area (Å²) < 4.78 is 4.12. The van der Waals surface area contributed by atoms with Crippen molar-refractivity contribution in [2.24, 2.45) is 7.05 Å². The highest BCUT2D eigenvalue weighted by molar-refractivity contribution is 6.16. The van der Waals surface area contributed by atoms with Crippen LogP contribution in [0, 0.1) is 6.92 Å². The van der Waals surface area contributed by atoms with Crippen molar-refractivity contribution in [3.8, 4) is 0 Å². The number of rotatable bonds is 4. The molecule has 0 atom stereocenters. The quantitative estimate of drug-likeness (QED) is 0.692. The van der Waals surface area contributed by atoms with E-state index >= 15 is 0 Å². The number of hydrogen-bond donors (Lipinski definition) is 0. The number of benzene rings is 1. The van der Waals surface area contributed by atoms with Crippen LogP contribution in [0.2, 0.25) is 0 Å². The zero-order chi connectivity index (χ0) is 14.1.